The standard InChI is InChI=1S/C29H29N3O5S2/c1-19-5-9-25(10-6-19)31-38(34,35)27-13-11-24(12-14-27)30-29(33)23-8-7-22(4)28(18-23)39(36,37)32-26-16-20(2)15-21(3)17-26/h5-18,31-32H,1-4H3,(H,30,33). The van der Waals surface area contributed by atoms with Crippen LogP contribution in [-0.2, 0) is 20.0 Å². The molecule has 0 aliphatic rings. The molecule has 0 atom stereocenters. The molecule has 0 spiro atoms. The summed E-state index contributed by atoms with van der Waals surface area (Å²) < 4.78 is 56.8. The summed E-state index contributed by atoms with van der Waals surface area (Å²) in [6.45, 7) is 7.32. The highest BCUT2D eigenvalue weighted by atomic mass is 32.2. The summed E-state index contributed by atoms with van der Waals surface area (Å²) in [5, 5.41) is 2.69. The van der Waals surface area contributed by atoms with Crippen molar-refractivity contribution in [3.8, 4) is 0 Å². The van der Waals surface area contributed by atoms with Gasteiger partial charge in [0.2, 0.25) is 0 Å². The second kappa shape index (κ2) is 10.9. The highest BCUT2D eigenvalue weighted by Crippen LogP contribution is 2.24. The van der Waals surface area contributed by atoms with Gasteiger partial charge in [-0.05, 0) is 105 Å². The van der Waals surface area contributed by atoms with Gasteiger partial charge in [0.15, 0.2) is 0 Å². The fourth-order valence-electron chi connectivity index (χ4n) is 4.03. The lowest BCUT2D eigenvalue weighted by Gasteiger charge is -2.13. The average molecular weight is 564 g/mol. The van der Waals surface area contributed by atoms with Gasteiger partial charge >= 0.3 is 0 Å². The summed E-state index contributed by atoms with van der Waals surface area (Å²) in [4.78, 5) is 13.0. The summed E-state index contributed by atoms with van der Waals surface area (Å²) in [7, 11) is -7.78. The predicted molar refractivity (Wildman–Crippen MR) is 154 cm³/mol. The Morgan fingerprint density at radius 3 is 1.74 bits per heavy atom. The topological polar surface area (TPSA) is 121 Å². The molecule has 1 amide bonds. The van der Waals surface area contributed by atoms with Gasteiger partial charge in [-0.2, -0.15) is 0 Å². The molecule has 0 aliphatic heterocycles. The van der Waals surface area contributed by atoms with Gasteiger partial charge in [0, 0.05) is 22.6 Å². The van der Waals surface area contributed by atoms with Crippen LogP contribution in [0.3, 0.4) is 0 Å². The number of benzene rings is 4. The van der Waals surface area contributed by atoms with E-state index in [4.69, 9.17) is 0 Å². The van der Waals surface area contributed by atoms with Gasteiger partial charge in [-0.25, -0.2) is 16.8 Å². The van der Waals surface area contributed by atoms with Crippen LogP contribution in [0.2, 0.25) is 0 Å². The van der Waals surface area contributed by atoms with Crippen molar-refractivity contribution in [1.82, 2.24) is 0 Å². The van der Waals surface area contributed by atoms with Gasteiger partial charge in [0.1, 0.15) is 0 Å². The van der Waals surface area contributed by atoms with Crippen LogP contribution >= 0.6 is 0 Å². The molecule has 0 radical (unpaired) electrons. The number of anilines is 3. The van der Waals surface area contributed by atoms with Crippen molar-refractivity contribution < 1.29 is 21.6 Å². The first-order chi connectivity index (χ1) is 18.3. The molecular weight excluding hydrogens is 534 g/mol. The van der Waals surface area contributed by atoms with Crippen LogP contribution in [0.5, 0.6) is 0 Å². The van der Waals surface area contributed by atoms with Crippen LogP contribution in [0.15, 0.2) is 94.7 Å². The highest BCUT2D eigenvalue weighted by molar-refractivity contribution is 7.93. The number of carbonyl (C=O) groups excluding carboxylic acids is 1. The largest absolute Gasteiger partial charge is 0.322 e. The summed E-state index contributed by atoms with van der Waals surface area (Å²) in [5.41, 5.74) is 4.70. The summed E-state index contributed by atoms with van der Waals surface area (Å²) in [6.07, 6.45) is 0. The molecule has 0 saturated heterocycles. The minimum atomic E-state index is -3.96. The van der Waals surface area contributed by atoms with E-state index in [2.05, 4.69) is 14.8 Å². The Bertz CT molecular complexity index is 1730. The zero-order valence-corrected chi connectivity index (χ0v) is 23.6. The minimum Gasteiger partial charge on any atom is -0.322 e. The third-order valence-corrected chi connectivity index (χ3v) is 8.86. The minimum absolute atomic E-state index is 0.0158. The van der Waals surface area contributed by atoms with Crippen LogP contribution < -0.4 is 14.8 Å². The molecule has 0 aliphatic carbocycles. The molecule has 4 aromatic rings. The lowest BCUT2D eigenvalue weighted by molar-refractivity contribution is 0.102. The van der Waals surface area contributed by atoms with E-state index in [0.29, 0.717) is 22.6 Å². The molecule has 3 N–H and O–H groups in total. The molecule has 0 heterocycles. The third kappa shape index (κ3) is 6.84. The van der Waals surface area contributed by atoms with Crippen LogP contribution in [0.25, 0.3) is 0 Å². The van der Waals surface area contributed by atoms with Crippen molar-refractivity contribution in [3.63, 3.8) is 0 Å². The Morgan fingerprint density at radius 2 is 1.13 bits per heavy atom. The average Bonchev–Trinajstić information content (AvgIpc) is 2.85. The fourth-order valence-corrected chi connectivity index (χ4v) is 6.40. The van der Waals surface area contributed by atoms with E-state index in [-0.39, 0.29) is 15.4 Å². The van der Waals surface area contributed by atoms with Crippen molar-refractivity contribution in [1.29, 1.82) is 0 Å². The van der Waals surface area contributed by atoms with Crippen molar-refractivity contribution in [2.45, 2.75) is 37.5 Å². The third-order valence-electron chi connectivity index (χ3n) is 5.94. The zero-order chi connectivity index (χ0) is 28.4. The predicted octanol–water partition coefficient (Wildman–Crippen LogP) is 5.77. The number of carbonyl (C=O) groups is 1. The van der Waals surface area contributed by atoms with Gasteiger partial charge < -0.3 is 5.32 Å². The number of rotatable bonds is 8. The highest BCUT2D eigenvalue weighted by Gasteiger charge is 2.20. The van der Waals surface area contributed by atoms with E-state index in [9.17, 15) is 21.6 Å². The molecule has 8 nitrogen and oxygen atoms in total. The zero-order valence-electron chi connectivity index (χ0n) is 21.9. The van der Waals surface area contributed by atoms with E-state index in [1.54, 1.807) is 49.4 Å². The molecule has 202 valence electrons. The first-order valence-electron chi connectivity index (χ1n) is 12.1. The Morgan fingerprint density at radius 1 is 0.564 bits per heavy atom. The molecule has 4 aromatic carbocycles. The molecular formula is C29H29N3O5S2. The lowest BCUT2D eigenvalue weighted by Crippen LogP contribution is -2.17. The molecule has 10 heteroatoms. The molecule has 4 rings (SSSR count). The van der Waals surface area contributed by atoms with Gasteiger partial charge in [0.25, 0.3) is 26.0 Å². The molecule has 0 unspecified atom stereocenters. The molecule has 39 heavy (non-hydrogen) atoms. The van der Waals surface area contributed by atoms with Crippen molar-refractivity contribution >= 4 is 43.0 Å². The number of sulfonamides is 2. The molecule has 0 fully saturated rings. The maximum atomic E-state index is 13.2. The van der Waals surface area contributed by atoms with E-state index in [1.807, 2.05) is 26.8 Å². The van der Waals surface area contributed by atoms with E-state index in [1.165, 1.54) is 36.4 Å². The Hall–Kier alpha value is -4.15. The van der Waals surface area contributed by atoms with Crippen LogP contribution in [0.4, 0.5) is 17.1 Å². The van der Waals surface area contributed by atoms with Gasteiger partial charge in [-0.15, -0.1) is 0 Å². The first-order valence-corrected chi connectivity index (χ1v) is 15.0. The SMILES string of the molecule is Cc1ccc(NS(=O)(=O)c2ccc(NC(=O)c3ccc(C)c(S(=O)(=O)Nc4cc(C)cc(C)c4)c3)cc2)cc1. The molecule has 0 saturated carbocycles. The maximum absolute atomic E-state index is 13.2. The molecule has 0 aromatic heterocycles. The van der Waals surface area contributed by atoms with Crippen LogP contribution in [0.1, 0.15) is 32.6 Å². The number of hydrogen-bond donors (Lipinski definition) is 3. The summed E-state index contributed by atoms with van der Waals surface area (Å²) >= 11 is 0. The number of aryl methyl sites for hydroxylation is 4. The smallest absolute Gasteiger partial charge is 0.262 e. The van der Waals surface area contributed by atoms with Gasteiger partial charge in [0.05, 0.1) is 9.79 Å². The number of nitrogens with one attached hydrogen (secondary N) is 3. The monoisotopic (exact) mass is 563 g/mol. The van der Waals surface area contributed by atoms with Crippen molar-refractivity contribution in [3.05, 3.63) is 113 Å². The summed E-state index contributed by atoms with van der Waals surface area (Å²) in [6, 6.07) is 22.5. The van der Waals surface area contributed by atoms with Crippen molar-refractivity contribution in [2.75, 3.05) is 14.8 Å². The van der Waals surface area contributed by atoms with E-state index in [0.717, 1.165) is 16.7 Å². The normalized spacial score (nSPS) is 11.6. The van der Waals surface area contributed by atoms with Crippen LogP contribution in [0, 0.1) is 27.7 Å². The van der Waals surface area contributed by atoms with E-state index < -0.39 is 26.0 Å². The maximum Gasteiger partial charge on any atom is 0.262 e. The Kier molecular flexibility index (Phi) is 7.80. The van der Waals surface area contributed by atoms with Crippen LogP contribution in [-0.4, -0.2) is 22.7 Å². The Balaban J connectivity index is 1.50. The van der Waals surface area contributed by atoms with Crippen molar-refractivity contribution in [2.24, 2.45) is 0 Å². The second-order valence-corrected chi connectivity index (χ2v) is 12.7. The molecule has 0 bridgehead atoms. The number of hydrogen-bond acceptors (Lipinski definition) is 5. The first kappa shape index (κ1) is 27.9. The second-order valence-electron chi connectivity index (χ2n) is 9.41. The fraction of sp³-hybridized carbons (Fsp3) is 0.138. The number of amides is 1. The van der Waals surface area contributed by atoms with Gasteiger partial charge in [-0.1, -0.05) is 29.8 Å². The van der Waals surface area contributed by atoms with Gasteiger partial charge in [-0.3, -0.25) is 14.2 Å². The van der Waals surface area contributed by atoms with E-state index >= 15 is 0 Å². The Labute approximate surface area is 229 Å². The lowest BCUT2D eigenvalue weighted by atomic mass is 10.1. The quantitative estimate of drug-likeness (QED) is 0.251. The summed E-state index contributed by atoms with van der Waals surface area (Å²) in [5.74, 6) is -0.536.